The van der Waals surface area contributed by atoms with E-state index >= 15 is 0 Å². The molecule has 9 heteroatoms. The van der Waals surface area contributed by atoms with Gasteiger partial charge in [0, 0.05) is 13.0 Å². The Bertz CT molecular complexity index is 1040. The molecule has 56 heavy (non-hydrogen) atoms. The van der Waals surface area contributed by atoms with Gasteiger partial charge in [0.05, 0.1) is 34.4 Å². The minimum atomic E-state index is -4.28. The Hall–Kier alpha value is -1.54. The number of hydrogen-bond donors (Lipinski definition) is 1. The van der Waals surface area contributed by atoms with E-state index < -0.39 is 13.9 Å². The third kappa shape index (κ3) is 43.6. The molecule has 0 saturated carbocycles. The van der Waals surface area contributed by atoms with Crippen LogP contribution in [0.3, 0.4) is 0 Å². The third-order valence-corrected chi connectivity index (χ3v) is 10.6. The van der Waals surface area contributed by atoms with Gasteiger partial charge in [-0.15, -0.1) is 0 Å². The van der Waals surface area contributed by atoms with Gasteiger partial charge in [0.25, 0.3) is 0 Å². The van der Waals surface area contributed by atoms with Gasteiger partial charge < -0.3 is 18.9 Å². The monoisotopic (exact) mass is 811 g/mol. The summed E-state index contributed by atoms with van der Waals surface area (Å²) in [5, 5.41) is 0. The average molecular weight is 811 g/mol. The van der Waals surface area contributed by atoms with E-state index in [0.717, 1.165) is 51.4 Å². The second-order valence-electron chi connectivity index (χ2n) is 16.4. The summed E-state index contributed by atoms with van der Waals surface area (Å²) < 4.78 is 35.0. The van der Waals surface area contributed by atoms with Crippen molar-refractivity contribution in [3.63, 3.8) is 0 Å². The molecule has 0 rings (SSSR count). The van der Waals surface area contributed by atoms with E-state index in [-0.39, 0.29) is 25.8 Å². The SMILES string of the molecule is CCCC/C=C\C/C=C\CCCCCCCCOCC(COP(=O)(O)OCC[N+](C)(C)C)OC(=O)CCCCCCCCCCC/C=C\C/C=C\CCCCC. The summed E-state index contributed by atoms with van der Waals surface area (Å²) in [5.41, 5.74) is 0. The van der Waals surface area contributed by atoms with Crippen LogP contribution in [0.4, 0.5) is 0 Å². The van der Waals surface area contributed by atoms with Gasteiger partial charge in [-0.1, -0.05) is 159 Å². The van der Waals surface area contributed by atoms with E-state index in [4.69, 9.17) is 18.5 Å². The summed E-state index contributed by atoms with van der Waals surface area (Å²) in [7, 11) is 1.65. The number of phosphoric acid groups is 1. The number of carbonyl (C=O) groups excluding carboxylic acids is 1. The predicted molar refractivity (Wildman–Crippen MR) is 238 cm³/mol. The molecule has 0 spiro atoms. The lowest BCUT2D eigenvalue weighted by molar-refractivity contribution is -0.870. The Balaban J connectivity index is 4.23. The molecular weight excluding hydrogens is 721 g/mol. The van der Waals surface area contributed by atoms with Gasteiger partial charge in [0.2, 0.25) is 0 Å². The Kier molecular flexibility index (Phi) is 39.1. The van der Waals surface area contributed by atoms with Crippen LogP contribution in [-0.2, 0) is 27.9 Å². The first-order valence-corrected chi connectivity index (χ1v) is 24.4. The van der Waals surface area contributed by atoms with E-state index in [0.29, 0.717) is 24.1 Å². The van der Waals surface area contributed by atoms with E-state index in [1.807, 2.05) is 21.1 Å². The van der Waals surface area contributed by atoms with Crippen LogP contribution >= 0.6 is 7.82 Å². The van der Waals surface area contributed by atoms with Crippen molar-refractivity contribution in [3.05, 3.63) is 48.6 Å². The van der Waals surface area contributed by atoms with Crippen LogP contribution in [0.1, 0.15) is 187 Å². The molecule has 8 nitrogen and oxygen atoms in total. The Morgan fingerprint density at radius 3 is 1.50 bits per heavy atom. The number of nitrogens with zero attached hydrogens (tertiary/aromatic N) is 1. The summed E-state index contributed by atoms with van der Waals surface area (Å²) in [6.07, 6.45) is 48.5. The van der Waals surface area contributed by atoms with Crippen LogP contribution in [0.15, 0.2) is 48.6 Å². The molecule has 328 valence electrons. The van der Waals surface area contributed by atoms with E-state index in [9.17, 15) is 14.3 Å². The molecule has 1 N–H and O–H groups in total. The molecule has 0 fully saturated rings. The van der Waals surface area contributed by atoms with Crippen LogP contribution < -0.4 is 0 Å². The highest BCUT2D eigenvalue weighted by atomic mass is 31.2. The van der Waals surface area contributed by atoms with Gasteiger partial charge >= 0.3 is 13.8 Å². The minimum Gasteiger partial charge on any atom is -0.457 e. The predicted octanol–water partition coefficient (Wildman–Crippen LogP) is 13.6. The summed E-state index contributed by atoms with van der Waals surface area (Å²) in [6.45, 7) is 5.53. The fourth-order valence-corrected chi connectivity index (χ4v) is 6.75. The Morgan fingerprint density at radius 1 is 0.554 bits per heavy atom. The summed E-state index contributed by atoms with van der Waals surface area (Å²) in [5.74, 6) is -0.323. The molecule has 0 heterocycles. The fraction of sp³-hybridized carbons (Fsp3) is 0.809. The third-order valence-electron chi connectivity index (χ3n) is 9.61. The lowest BCUT2D eigenvalue weighted by Crippen LogP contribution is -2.37. The van der Waals surface area contributed by atoms with E-state index in [2.05, 4.69) is 62.5 Å². The molecule has 2 unspecified atom stereocenters. The molecule has 0 aliphatic rings. The first-order valence-electron chi connectivity index (χ1n) is 22.9. The molecule has 0 radical (unpaired) electrons. The summed E-state index contributed by atoms with van der Waals surface area (Å²) in [4.78, 5) is 22.9. The van der Waals surface area contributed by atoms with Crippen molar-refractivity contribution in [3.8, 4) is 0 Å². The smallest absolute Gasteiger partial charge is 0.457 e. The lowest BCUT2D eigenvalue weighted by Gasteiger charge is -2.24. The maximum Gasteiger partial charge on any atom is 0.472 e. The van der Waals surface area contributed by atoms with Gasteiger partial charge in [-0.05, 0) is 70.6 Å². The molecule has 0 saturated heterocycles. The zero-order valence-corrected chi connectivity index (χ0v) is 38.0. The standard InChI is InChI=1S/C47H88NO7P/c1-6-8-10-12-14-16-18-20-22-23-24-25-26-28-30-32-34-36-38-40-47(49)55-46(45-54-56(50,51)53-43-41-48(3,4)5)44-52-42-39-37-35-33-31-29-27-21-19-17-15-13-11-9-7-2/h13-16,19-22,46H,6-12,17-18,23-45H2,1-5H3/p+1/b15-13-,16-14-,21-19-,22-20-. The number of quaternary nitrogens is 1. The van der Waals surface area contributed by atoms with Crippen LogP contribution in [0.5, 0.6) is 0 Å². The zero-order valence-electron chi connectivity index (χ0n) is 37.1. The van der Waals surface area contributed by atoms with Crippen LogP contribution in [0.25, 0.3) is 0 Å². The lowest BCUT2D eigenvalue weighted by atomic mass is 10.1. The number of likely N-dealkylation sites (N-methyl/N-ethyl adjacent to an activating group) is 1. The minimum absolute atomic E-state index is 0.0842. The zero-order chi connectivity index (χ0) is 41.3. The van der Waals surface area contributed by atoms with Crippen molar-refractivity contribution in [2.75, 3.05) is 54.1 Å². The number of ether oxygens (including phenoxy) is 2. The number of hydrogen-bond acceptors (Lipinski definition) is 6. The molecule has 0 aliphatic carbocycles. The summed E-state index contributed by atoms with van der Waals surface area (Å²) in [6, 6.07) is 0. The highest BCUT2D eigenvalue weighted by Crippen LogP contribution is 2.43. The average Bonchev–Trinajstić information content (AvgIpc) is 3.15. The van der Waals surface area contributed by atoms with Gasteiger partial charge in [-0.25, -0.2) is 4.57 Å². The number of rotatable bonds is 42. The Morgan fingerprint density at radius 2 is 1.00 bits per heavy atom. The largest absolute Gasteiger partial charge is 0.472 e. The molecule has 0 aliphatic heterocycles. The van der Waals surface area contributed by atoms with Crippen molar-refractivity contribution in [1.82, 2.24) is 0 Å². The topological polar surface area (TPSA) is 91.3 Å². The fourth-order valence-electron chi connectivity index (χ4n) is 6.01. The quantitative estimate of drug-likeness (QED) is 0.0216. The maximum absolute atomic E-state index is 12.7. The van der Waals surface area contributed by atoms with Gasteiger partial charge in [0.15, 0.2) is 0 Å². The van der Waals surface area contributed by atoms with Crippen LogP contribution in [0, 0.1) is 0 Å². The van der Waals surface area contributed by atoms with E-state index in [1.54, 1.807) is 0 Å². The highest BCUT2D eigenvalue weighted by molar-refractivity contribution is 7.47. The second-order valence-corrected chi connectivity index (χ2v) is 17.9. The van der Waals surface area contributed by atoms with Crippen molar-refractivity contribution in [2.45, 2.75) is 193 Å². The van der Waals surface area contributed by atoms with Gasteiger partial charge in [0.1, 0.15) is 19.3 Å². The maximum atomic E-state index is 12.7. The summed E-state index contributed by atoms with van der Waals surface area (Å²) >= 11 is 0. The van der Waals surface area contributed by atoms with Crippen LogP contribution in [0.2, 0.25) is 0 Å². The molecule has 0 bridgehead atoms. The van der Waals surface area contributed by atoms with Crippen molar-refractivity contribution < 1.29 is 37.3 Å². The van der Waals surface area contributed by atoms with Crippen molar-refractivity contribution >= 4 is 13.8 Å². The molecule has 0 aromatic rings. The van der Waals surface area contributed by atoms with E-state index in [1.165, 1.54) is 116 Å². The number of allylic oxidation sites excluding steroid dienone is 8. The number of carbonyl (C=O) groups is 1. The molecule has 0 aromatic heterocycles. The van der Waals surface area contributed by atoms with Crippen LogP contribution in [-0.4, -0.2) is 75.6 Å². The Labute approximate surface area is 346 Å². The molecular formula is C47H89NO7P+. The normalized spacial score (nSPS) is 14.2. The van der Waals surface area contributed by atoms with Gasteiger partial charge in [-0.2, -0.15) is 0 Å². The highest BCUT2D eigenvalue weighted by Gasteiger charge is 2.26. The first kappa shape index (κ1) is 54.5. The number of esters is 1. The molecule has 0 amide bonds. The molecule has 2 atom stereocenters. The number of unbranched alkanes of at least 4 members (excludes halogenated alkanes) is 20. The van der Waals surface area contributed by atoms with Crippen molar-refractivity contribution in [2.24, 2.45) is 0 Å². The van der Waals surface area contributed by atoms with Crippen molar-refractivity contribution in [1.29, 1.82) is 0 Å². The first-order chi connectivity index (χ1) is 27.1. The molecule has 0 aromatic carbocycles. The second kappa shape index (κ2) is 40.2. The number of phosphoric ester groups is 1. The van der Waals surface area contributed by atoms with Gasteiger partial charge in [-0.3, -0.25) is 13.8 Å².